The number of para-hydroxylation sites is 2. The van der Waals surface area contributed by atoms with Gasteiger partial charge in [0.05, 0.1) is 12.3 Å². The average molecular weight is 330 g/mol. The second-order valence-corrected chi connectivity index (χ2v) is 7.89. The summed E-state index contributed by atoms with van der Waals surface area (Å²) in [6.45, 7) is 2.66. The zero-order chi connectivity index (χ0) is 15.8. The molecule has 0 spiro atoms. The van der Waals surface area contributed by atoms with E-state index in [1.165, 1.54) is 32.1 Å². The maximum atomic E-state index is 5.67. The van der Waals surface area contributed by atoms with Gasteiger partial charge in [0.25, 0.3) is 0 Å². The molecule has 0 unspecified atom stereocenters. The number of rotatable bonds is 4. The minimum absolute atomic E-state index is 0.571. The van der Waals surface area contributed by atoms with E-state index in [-0.39, 0.29) is 0 Å². The van der Waals surface area contributed by atoms with Gasteiger partial charge in [0.1, 0.15) is 5.75 Å². The second-order valence-electron chi connectivity index (χ2n) is 7.48. The van der Waals surface area contributed by atoms with Crippen molar-refractivity contribution in [1.29, 1.82) is 0 Å². The highest BCUT2D eigenvalue weighted by Crippen LogP contribution is 2.53. The van der Waals surface area contributed by atoms with E-state index in [9.17, 15) is 0 Å². The fourth-order valence-corrected chi connectivity index (χ4v) is 5.57. The topological polar surface area (TPSA) is 33.3 Å². The molecule has 0 aliphatic heterocycles. The molecule has 0 saturated heterocycles. The fraction of sp³-hybridized carbons (Fsp3) is 0.632. The summed E-state index contributed by atoms with van der Waals surface area (Å²) in [6, 6.07) is 8.58. The molecule has 4 fully saturated rings. The van der Waals surface area contributed by atoms with E-state index in [2.05, 4.69) is 10.6 Å². The van der Waals surface area contributed by atoms with Crippen LogP contribution in [-0.4, -0.2) is 17.8 Å². The van der Waals surface area contributed by atoms with Crippen LogP contribution in [0.2, 0.25) is 0 Å². The lowest BCUT2D eigenvalue weighted by Gasteiger charge is -2.54. The van der Waals surface area contributed by atoms with Gasteiger partial charge in [0.15, 0.2) is 5.11 Å². The summed E-state index contributed by atoms with van der Waals surface area (Å²) in [4.78, 5) is 0. The van der Waals surface area contributed by atoms with Crippen molar-refractivity contribution in [3.8, 4) is 5.75 Å². The van der Waals surface area contributed by atoms with Crippen molar-refractivity contribution < 1.29 is 4.74 Å². The number of benzene rings is 1. The smallest absolute Gasteiger partial charge is 0.171 e. The summed E-state index contributed by atoms with van der Waals surface area (Å²) >= 11 is 5.60. The van der Waals surface area contributed by atoms with Crippen LogP contribution in [-0.2, 0) is 0 Å². The molecule has 5 rings (SSSR count). The van der Waals surface area contributed by atoms with Gasteiger partial charge < -0.3 is 15.4 Å². The number of ether oxygens (including phenoxy) is 1. The molecule has 4 aliphatic carbocycles. The number of anilines is 1. The Bertz CT molecular complexity index is 560. The third-order valence-electron chi connectivity index (χ3n) is 5.96. The molecule has 4 saturated carbocycles. The van der Waals surface area contributed by atoms with Gasteiger partial charge in [0, 0.05) is 6.04 Å². The second kappa shape index (κ2) is 6.31. The van der Waals surface area contributed by atoms with Gasteiger partial charge in [-0.05, 0) is 87.1 Å². The minimum atomic E-state index is 0.571. The summed E-state index contributed by atoms with van der Waals surface area (Å²) in [5.74, 6) is 4.51. The Labute approximate surface area is 144 Å². The maximum absolute atomic E-state index is 5.67. The van der Waals surface area contributed by atoms with Crippen LogP contribution in [0, 0.1) is 23.7 Å². The molecular weight excluding hydrogens is 304 g/mol. The van der Waals surface area contributed by atoms with Crippen LogP contribution in [0.25, 0.3) is 0 Å². The first-order chi connectivity index (χ1) is 11.2. The Balaban J connectivity index is 1.41. The molecule has 0 atom stereocenters. The quantitative estimate of drug-likeness (QED) is 0.811. The highest BCUT2D eigenvalue weighted by atomic mass is 32.1. The third kappa shape index (κ3) is 3.06. The van der Waals surface area contributed by atoms with Gasteiger partial charge in [-0.25, -0.2) is 0 Å². The molecule has 0 amide bonds. The number of thiocarbonyl (C=S) groups is 1. The van der Waals surface area contributed by atoms with Gasteiger partial charge >= 0.3 is 0 Å². The zero-order valence-corrected chi connectivity index (χ0v) is 14.6. The van der Waals surface area contributed by atoms with E-state index >= 15 is 0 Å². The van der Waals surface area contributed by atoms with Crippen molar-refractivity contribution >= 4 is 23.0 Å². The van der Waals surface area contributed by atoms with E-state index in [1.54, 1.807) is 0 Å². The summed E-state index contributed by atoms with van der Waals surface area (Å²) < 4.78 is 5.67. The normalized spacial score (nSPS) is 34.2. The highest BCUT2D eigenvalue weighted by molar-refractivity contribution is 7.80. The van der Waals surface area contributed by atoms with Crippen LogP contribution >= 0.6 is 12.2 Å². The SMILES string of the molecule is CCOc1ccccc1NC(=S)NC1C2CC3CC(C2)CC1C3. The van der Waals surface area contributed by atoms with Crippen LogP contribution in [0.4, 0.5) is 5.69 Å². The lowest BCUT2D eigenvalue weighted by molar-refractivity contribution is -0.00665. The number of hydrogen-bond acceptors (Lipinski definition) is 2. The number of nitrogens with one attached hydrogen (secondary N) is 2. The molecule has 4 bridgehead atoms. The van der Waals surface area contributed by atoms with Crippen LogP contribution in [0.15, 0.2) is 24.3 Å². The van der Waals surface area contributed by atoms with E-state index < -0.39 is 0 Å². The molecule has 0 aromatic heterocycles. The van der Waals surface area contributed by atoms with Gasteiger partial charge in [-0.1, -0.05) is 12.1 Å². The Hall–Kier alpha value is -1.29. The lowest BCUT2D eigenvalue weighted by atomic mass is 9.54. The monoisotopic (exact) mass is 330 g/mol. The van der Waals surface area contributed by atoms with Gasteiger partial charge in [-0.15, -0.1) is 0 Å². The van der Waals surface area contributed by atoms with Crippen molar-refractivity contribution in [1.82, 2.24) is 5.32 Å². The molecule has 4 aliphatic rings. The van der Waals surface area contributed by atoms with Crippen LogP contribution < -0.4 is 15.4 Å². The van der Waals surface area contributed by atoms with E-state index in [0.717, 1.165) is 40.2 Å². The Kier molecular flexibility index (Phi) is 4.18. The number of hydrogen-bond donors (Lipinski definition) is 2. The Morgan fingerprint density at radius 2 is 1.74 bits per heavy atom. The van der Waals surface area contributed by atoms with Crippen molar-refractivity contribution in [2.45, 2.75) is 45.1 Å². The molecule has 2 N–H and O–H groups in total. The standard InChI is InChI=1S/C19H26N2OS/c1-2-22-17-6-4-3-5-16(17)20-19(23)21-18-14-8-12-7-13(10-14)11-15(18)9-12/h3-6,12-15,18H,2,7-11H2,1H3,(H2,20,21,23). The molecule has 0 heterocycles. The first-order valence-corrected chi connectivity index (χ1v) is 9.43. The molecule has 3 nitrogen and oxygen atoms in total. The van der Waals surface area contributed by atoms with Crippen molar-refractivity contribution in [3.63, 3.8) is 0 Å². The molecule has 1 aromatic rings. The van der Waals surface area contributed by atoms with Crippen LogP contribution in [0.5, 0.6) is 5.75 Å². The molecule has 0 radical (unpaired) electrons. The van der Waals surface area contributed by atoms with Gasteiger partial charge in [-0.2, -0.15) is 0 Å². The molecule has 124 valence electrons. The molecule has 4 heteroatoms. The molecule has 1 aromatic carbocycles. The first-order valence-electron chi connectivity index (χ1n) is 9.02. The van der Waals surface area contributed by atoms with Crippen molar-refractivity contribution in [2.24, 2.45) is 23.7 Å². The Morgan fingerprint density at radius 3 is 2.39 bits per heavy atom. The van der Waals surface area contributed by atoms with E-state index in [4.69, 9.17) is 17.0 Å². The maximum Gasteiger partial charge on any atom is 0.171 e. The third-order valence-corrected chi connectivity index (χ3v) is 6.18. The van der Waals surface area contributed by atoms with Crippen LogP contribution in [0.3, 0.4) is 0 Å². The Morgan fingerprint density at radius 1 is 1.09 bits per heavy atom. The predicted molar refractivity (Wildman–Crippen MR) is 97.8 cm³/mol. The summed E-state index contributed by atoms with van der Waals surface area (Å²) in [5.41, 5.74) is 0.954. The van der Waals surface area contributed by atoms with Crippen molar-refractivity contribution in [3.05, 3.63) is 24.3 Å². The minimum Gasteiger partial charge on any atom is -0.492 e. The summed E-state index contributed by atoms with van der Waals surface area (Å²) in [6.07, 6.45) is 7.11. The fourth-order valence-electron chi connectivity index (χ4n) is 5.32. The zero-order valence-electron chi connectivity index (χ0n) is 13.8. The lowest BCUT2D eigenvalue weighted by Crippen LogP contribution is -2.56. The van der Waals surface area contributed by atoms with Gasteiger partial charge in [0.2, 0.25) is 0 Å². The van der Waals surface area contributed by atoms with Crippen molar-refractivity contribution in [2.75, 3.05) is 11.9 Å². The molecule has 23 heavy (non-hydrogen) atoms. The predicted octanol–water partition coefficient (Wildman–Crippen LogP) is 4.20. The van der Waals surface area contributed by atoms with E-state index in [0.29, 0.717) is 12.6 Å². The summed E-state index contributed by atoms with van der Waals surface area (Å²) in [5, 5.41) is 7.74. The van der Waals surface area contributed by atoms with Gasteiger partial charge in [-0.3, -0.25) is 0 Å². The largest absolute Gasteiger partial charge is 0.492 e. The first kappa shape index (κ1) is 15.3. The average Bonchev–Trinajstić information content (AvgIpc) is 2.52. The van der Waals surface area contributed by atoms with E-state index in [1.807, 2.05) is 31.2 Å². The molecular formula is C19H26N2OS. The highest BCUT2D eigenvalue weighted by Gasteiger charge is 2.48. The van der Waals surface area contributed by atoms with Crippen LogP contribution in [0.1, 0.15) is 39.0 Å². The summed E-state index contributed by atoms with van der Waals surface area (Å²) in [7, 11) is 0.